The molecule has 0 atom stereocenters. The Morgan fingerprint density at radius 2 is 1.94 bits per heavy atom. The molecule has 0 spiro atoms. The zero-order valence-electron chi connectivity index (χ0n) is 17.0. The molecule has 3 heterocycles. The van der Waals surface area contributed by atoms with Crippen LogP contribution in [-0.4, -0.2) is 39.0 Å². The van der Waals surface area contributed by atoms with Crippen molar-refractivity contribution in [2.75, 3.05) is 6.61 Å². The molecule has 1 aliphatic rings. The first kappa shape index (κ1) is 25.4. The van der Waals surface area contributed by atoms with Crippen LogP contribution in [0.1, 0.15) is 19.0 Å². The maximum atomic E-state index is 13.1. The van der Waals surface area contributed by atoms with Crippen molar-refractivity contribution in [3.8, 4) is 17.0 Å². The Bertz CT molecular complexity index is 1100. The molecule has 0 saturated heterocycles. The van der Waals surface area contributed by atoms with Gasteiger partial charge in [0.1, 0.15) is 5.71 Å². The number of rotatable bonds is 4. The molecule has 1 radical (unpaired) electrons. The van der Waals surface area contributed by atoms with Gasteiger partial charge in [-0.25, -0.2) is 5.10 Å². The molecule has 0 aliphatic carbocycles. The van der Waals surface area contributed by atoms with E-state index >= 15 is 0 Å². The summed E-state index contributed by atoms with van der Waals surface area (Å²) in [4.78, 5) is 3.91. The standard InChI is InChI=1S/C12H12FN2O.C9H6F3N3.Ir/c1-3-16-12-8-9(13)4-5-10(12)11-6-7-15(2)14-11;10-9(11,12)8-5-7(14-15-8)6-3-1-2-4-13-6;/h4,6-8H,3H2,1-2H3;1-4H,5H2;/q-1;;. The van der Waals surface area contributed by atoms with Crippen LogP contribution in [0.3, 0.4) is 0 Å². The van der Waals surface area contributed by atoms with Crippen LogP contribution in [0.2, 0.25) is 0 Å². The van der Waals surface area contributed by atoms with Gasteiger partial charge in [-0.2, -0.15) is 18.3 Å². The smallest absolute Gasteiger partial charge is 0.431 e. The predicted molar refractivity (Wildman–Crippen MR) is 107 cm³/mol. The van der Waals surface area contributed by atoms with E-state index in [9.17, 15) is 17.6 Å². The molecular formula is C21H18F4IrN5O-. The third-order valence-corrected chi connectivity index (χ3v) is 4.05. The van der Waals surface area contributed by atoms with Crippen molar-refractivity contribution in [3.05, 3.63) is 66.4 Å². The molecule has 2 aromatic heterocycles. The van der Waals surface area contributed by atoms with Crippen LogP contribution in [0.15, 0.2) is 59.0 Å². The Morgan fingerprint density at radius 3 is 2.50 bits per heavy atom. The van der Waals surface area contributed by atoms with Crippen LogP contribution in [0.25, 0.3) is 11.3 Å². The Kier molecular flexibility index (Phi) is 8.80. The first-order valence-electron chi connectivity index (χ1n) is 9.24. The second-order valence-corrected chi connectivity index (χ2v) is 6.35. The average Bonchev–Trinajstić information content (AvgIpc) is 3.39. The number of pyridine rings is 1. The number of hydrogen-bond acceptors (Lipinski definition) is 5. The maximum Gasteiger partial charge on any atom is 0.431 e. The largest absolute Gasteiger partial charge is 0.537 e. The van der Waals surface area contributed by atoms with E-state index in [1.807, 2.05) is 26.2 Å². The minimum absolute atomic E-state index is 0. The third-order valence-electron chi connectivity index (χ3n) is 4.05. The van der Waals surface area contributed by atoms with Crippen LogP contribution in [-0.2, 0) is 27.2 Å². The molecule has 3 aromatic rings. The van der Waals surface area contributed by atoms with Crippen molar-refractivity contribution >= 4 is 11.4 Å². The summed E-state index contributed by atoms with van der Waals surface area (Å²) in [6.07, 6.45) is -1.38. The molecule has 11 heteroatoms. The van der Waals surface area contributed by atoms with E-state index in [4.69, 9.17) is 4.74 Å². The number of halogens is 4. The van der Waals surface area contributed by atoms with Gasteiger partial charge in [0.15, 0.2) is 0 Å². The number of aryl methyl sites for hydroxylation is 1. The fourth-order valence-electron chi connectivity index (χ4n) is 2.65. The van der Waals surface area contributed by atoms with Gasteiger partial charge in [0, 0.05) is 63.2 Å². The second-order valence-electron chi connectivity index (χ2n) is 6.35. The molecule has 0 saturated carbocycles. The number of nitrogens with zero attached hydrogens (tertiary/aromatic N) is 5. The molecule has 1 aliphatic heterocycles. The molecule has 171 valence electrons. The SMILES string of the molecule is CCOc1cc(F)c[c-]c1-c1ccn(C)n1.FC(F)(F)C1=NN=C(c2ccccn2)C1.[Ir]. The van der Waals surface area contributed by atoms with Crippen molar-refractivity contribution in [3.63, 3.8) is 0 Å². The summed E-state index contributed by atoms with van der Waals surface area (Å²) in [6, 6.07) is 12.3. The Morgan fingerprint density at radius 1 is 1.16 bits per heavy atom. The Balaban J connectivity index is 0.000000220. The van der Waals surface area contributed by atoms with E-state index < -0.39 is 11.9 Å². The average molecular weight is 625 g/mol. The zero-order chi connectivity index (χ0) is 22.4. The topological polar surface area (TPSA) is 64.7 Å². The van der Waals surface area contributed by atoms with Gasteiger partial charge in [-0.3, -0.25) is 14.1 Å². The molecule has 0 amide bonds. The van der Waals surface area contributed by atoms with Crippen LogP contribution >= 0.6 is 0 Å². The van der Waals surface area contributed by atoms with Gasteiger partial charge in [0.25, 0.3) is 0 Å². The summed E-state index contributed by atoms with van der Waals surface area (Å²) >= 11 is 0. The molecule has 6 nitrogen and oxygen atoms in total. The van der Waals surface area contributed by atoms with E-state index in [2.05, 4.69) is 26.4 Å². The van der Waals surface area contributed by atoms with E-state index in [0.29, 0.717) is 23.6 Å². The van der Waals surface area contributed by atoms with Gasteiger partial charge < -0.3 is 4.74 Å². The maximum absolute atomic E-state index is 13.1. The van der Waals surface area contributed by atoms with Crippen LogP contribution in [0, 0.1) is 11.9 Å². The molecule has 1 aromatic carbocycles. The third kappa shape index (κ3) is 6.54. The van der Waals surface area contributed by atoms with Gasteiger partial charge >= 0.3 is 6.18 Å². The van der Waals surface area contributed by atoms with Gasteiger partial charge in [-0.05, 0) is 19.1 Å². The van der Waals surface area contributed by atoms with Crippen molar-refractivity contribution in [2.24, 2.45) is 17.3 Å². The van der Waals surface area contributed by atoms with Crippen molar-refractivity contribution in [1.29, 1.82) is 0 Å². The minimum atomic E-state index is -4.40. The van der Waals surface area contributed by atoms with Gasteiger partial charge in [-0.1, -0.05) is 23.8 Å². The number of alkyl halides is 3. The molecule has 0 fully saturated rings. The number of hydrogen-bond donors (Lipinski definition) is 0. The monoisotopic (exact) mass is 625 g/mol. The summed E-state index contributed by atoms with van der Waals surface area (Å²) in [5, 5.41) is 10.8. The van der Waals surface area contributed by atoms with Gasteiger partial charge in [-0.15, -0.1) is 17.2 Å². The Labute approximate surface area is 195 Å². The minimum Gasteiger partial charge on any atom is -0.537 e. The molecule has 4 rings (SSSR count). The molecule has 0 unspecified atom stereocenters. The summed E-state index contributed by atoms with van der Waals surface area (Å²) in [5.74, 6) is 0.115. The van der Waals surface area contributed by atoms with E-state index in [-0.39, 0.29) is 38.1 Å². The quantitative estimate of drug-likeness (QED) is 0.315. The summed E-state index contributed by atoms with van der Waals surface area (Å²) in [5.41, 5.74) is 1.22. The van der Waals surface area contributed by atoms with Crippen molar-refractivity contribution in [1.82, 2.24) is 14.8 Å². The molecule has 0 bridgehead atoms. The Hall–Kier alpha value is -2.91. The van der Waals surface area contributed by atoms with Gasteiger partial charge in [0.2, 0.25) is 0 Å². The van der Waals surface area contributed by atoms with E-state index in [0.717, 1.165) is 5.69 Å². The number of benzene rings is 1. The predicted octanol–water partition coefficient (Wildman–Crippen LogP) is 4.62. The first-order chi connectivity index (χ1) is 14.8. The normalized spacial score (nSPS) is 12.8. The summed E-state index contributed by atoms with van der Waals surface area (Å²) < 4.78 is 56.8. The second kappa shape index (κ2) is 11.1. The fourth-order valence-corrected chi connectivity index (χ4v) is 2.65. The summed E-state index contributed by atoms with van der Waals surface area (Å²) in [6.45, 7) is 2.34. The molecule has 32 heavy (non-hydrogen) atoms. The number of ether oxygens (including phenoxy) is 1. The number of aromatic nitrogens is 3. The van der Waals surface area contributed by atoms with Gasteiger partial charge in [0.05, 0.1) is 18.0 Å². The van der Waals surface area contributed by atoms with E-state index in [1.54, 1.807) is 22.9 Å². The van der Waals surface area contributed by atoms with Crippen molar-refractivity contribution in [2.45, 2.75) is 19.5 Å². The first-order valence-corrected chi connectivity index (χ1v) is 9.24. The van der Waals surface area contributed by atoms with Crippen molar-refractivity contribution < 1.29 is 42.4 Å². The zero-order valence-corrected chi connectivity index (χ0v) is 19.4. The fraction of sp³-hybridized carbons (Fsp3) is 0.238. The molecule has 0 N–H and O–H groups in total. The van der Waals surface area contributed by atoms with Crippen LogP contribution in [0.5, 0.6) is 5.75 Å². The molecular weight excluding hydrogens is 606 g/mol. The van der Waals surface area contributed by atoms with Crippen LogP contribution < -0.4 is 4.74 Å². The van der Waals surface area contributed by atoms with E-state index in [1.165, 1.54) is 18.3 Å². The van der Waals surface area contributed by atoms with Crippen LogP contribution in [0.4, 0.5) is 17.6 Å². The summed E-state index contributed by atoms with van der Waals surface area (Å²) in [7, 11) is 1.83.